The van der Waals surface area contributed by atoms with Crippen LogP contribution in [0.3, 0.4) is 0 Å². The van der Waals surface area contributed by atoms with Gasteiger partial charge in [0.15, 0.2) is 0 Å². The smallest absolute Gasteiger partial charge is 0.279 e. The quantitative estimate of drug-likeness (QED) is 0.641. The highest BCUT2D eigenvalue weighted by Gasteiger charge is 2.39. The summed E-state index contributed by atoms with van der Waals surface area (Å²) >= 11 is 0. The second-order valence-electron chi connectivity index (χ2n) is 4.16. The van der Waals surface area contributed by atoms with Gasteiger partial charge in [-0.1, -0.05) is 12.1 Å². The fourth-order valence-corrected chi connectivity index (χ4v) is 2.14. The Hall–Kier alpha value is -2.06. The molecule has 0 amide bonds. The Morgan fingerprint density at radius 3 is 2.63 bits per heavy atom. The zero-order chi connectivity index (χ0) is 13.8. The minimum atomic E-state index is -1.24. The van der Waals surface area contributed by atoms with Crippen LogP contribution in [0.4, 0.5) is 5.69 Å². The SMILES string of the molecule is O=[N+]([O-])c1ccccc1C(C1CNCCO1)[N+](=O)[O-]. The van der Waals surface area contributed by atoms with Gasteiger partial charge in [0.1, 0.15) is 11.7 Å². The number of morpholine rings is 1. The normalized spacial score (nSPS) is 20.7. The van der Waals surface area contributed by atoms with Crippen molar-refractivity contribution in [2.24, 2.45) is 0 Å². The average molecular weight is 267 g/mol. The molecule has 2 rings (SSSR count). The van der Waals surface area contributed by atoms with Gasteiger partial charge in [-0.2, -0.15) is 0 Å². The van der Waals surface area contributed by atoms with Gasteiger partial charge in [0.2, 0.25) is 0 Å². The summed E-state index contributed by atoms with van der Waals surface area (Å²) in [7, 11) is 0. The van der Waals surface area contributed by atoms with Crippen LogP contribution in [0.1, 0.15) is 11.6 Å². The van der Waals surface area contributed by atoms with Crippen molar-refractivity contribution in [2.45, 2.75) is 12.1 Å². The molecular formula is C11H13N3O5. The molecule has 0 aliphatic carbocycles. The Morgan fingerprint density at radius 2 is 2.05 bits per heavy atom. The number of para-hydroxylation sites is 1. The maximum absolute atomic E-state index is 11.2. The summed E-state index contributed by atoms with van der Waals surface area (Å²) in [5.41, 5.74) is -0.176. The van der Waals surface area contributed by atoms with Crippen molar-refractivity contribution in [3.05, 3.63) is 50.1 Å². The first kappa shape index (κ1) is 13.4. The molecule has 0 saturated carbocycles. The van der Waals surface area contributed by atoms with Crippen molar-refractivity contribution >= 4 is 5.69 Å². The molecule has 1 fully saturated rings. The Labute approximate surface area is 108 Å². The van der Waals surface area contributed by atoms with Crippen LogP contribution in [0.25, 0.3) is 0 Å². The van der Waals surface area contributed by atoms with E-state index in [-0.39, 0.29) is 11.3 Å². The standard InChI is InChI=1S/C11H13N3O5/c15-13(16)9-4-2-1-3-8(9)11(14(17)18)10-7-12-5-6-19-10/h1-4,10-12H,5-7H2. The third-order valence-electron chi connectivity index (χ3n) is 2.99. The van der Waals surface area contributed by atoms with E-state index in [1.165, 1.54) is 18.2 Å². The molecule has 0 spiro atoms. The minimum absolute atomic E-state index is 0.0752. The van der Waals surface area contributed by atoms with Gasteiger partial charge in [-0.25, -0.2) is 0 Å². The molecule has 2 unspecified atom stereocenters. The second kappa shape index (κ2) is 5.72. The molecule has 2 atom stereocenters. The summed E-state index contributed by atoms with van der Waals surface area (Å²) in [5, 5.41) is 25.2. The largest absolute Gasteiger partial charge is 0.368 e. The van der Waals surface area contributed by atoms with Crippen LogP contribution in [0.15, 0.2) is 24.3 Å². The highest BCUT2D eigenvalue weighted by molar-refractivity contribution is 5.41. The lowest BCUT2D eigenvalue weighted by Crippen LogP contribution is -2.44. The Balaban J connectivity index is 2.38. The lowest BCUT2D eigenvalue weighted by atomic mass is 9.99. The number of ether oxygens (including phenoxy) is 1. The Kier molecular flexibility index (Phi) is 4.03. The molecular weight excluding hydrogens is 254 g/mol. The molecule has 1 heterocycles. The van der Waals surface area contributed by atoms with Gasteiger partial charge < -0.3 is 10.1 Å². The number of nitrogens with one attached hydrogen (secondary N) is 1. The molecule has 0 bridgehead atoms. The summed E-state index contributed by atoms with van der Waals surface area (Å²) in [4.78, 5) is 21.1. The fourth-order valence-electron chi connectivity index (χ4n) is 2.14. The molecule has 1 aliphatic rings. The van der Waals surface area contributed by atoms with Crippen molar-refractivity contribution in [2.75, 3.05) is 19.7 Å². The van der Waals surface area contributed by atoms with Crippen molar-refractivity contribution in [1.82, 2.24) is 5.32 Å². The molecule has 0 radical (unpaired) electrons. The van der Waals surface area contributed by atoms with Gasteiger partial charge in [-0.3, -0.25) is 20.2 Å². The summed E-state index contributed by atoms with van der Waals surface area (Å²) in [6, 6.07) is 4.47. The predicted molar refractivity (Wildman–Crippen MR) is 65.4 cm³/mol. The van der Waals surface area contributed by atoms with Crippen molar-refractivity contribution < 1.29 is 14.6 Å². The van der Waals surface area contributed by atoms with Gasteiger partial charge in [0, 0.05) is 24.1 Å². The first-order chi connectivity index (χ1) is 9.11. The van der Waals surface area contributed by atoms with Crippen molar-refractivity contribution in [3.63, 3.8) is 0 Å². The molecule has 1 saturated heterocycles. The topological polar surface area (TPSA) is 108 Å². The molecule has 1 aliphatic heterocycles. The maximum atomic E-state index is 11.2. The van der Waals surface area contributed by atoms with E-state index < -0.39 is 22.0 Å². The third kappa shape index (κ3) is 2.85. The van der Waals surface area contributed by atoms with Crippen molar-refractivity contribution in [3.8, 4) is 0 Å². The number of nitro groups is 2. The van der Waals surface area contributed by atoms with Crippen LogP contribution in [0.2, 0.25) is 0 Å². The van der Waals surface area contributed by atoms with Gasteiger partial charge in [-0.05, 0) is 6.07 Å². The molecule has 1 aromatic rings. The van der Waals surface area contributed by atoms with E-state index in [0.717, 1.165) is 0 Å². The van der Waals surface area contributed by atoms with Crippen molar-refractivity contribution in [1.29, 1.82) is 0 Å². The first-order valence-corrected chi connectivity index (χ1v) is 5.80. The summed E-state index contributed by atoms with van der Waals surface area (Å²) < 4.78 is 5.36. The molecule has 1 N–H and O–H groups in total. The number of benzene rings is 1. The van der Waals surface area contributed by atoms with Crippen LogP contribution < -0.4 is 5.32 Å². The molecule has 19 heavy (non-hydrogen) atoms. The zero-order valence-electron chi connectivity index (χ0n) is 10.0. The fraction of sp³-hybridized carbons (Fsp3) is 0.455. The summed E-state index contributed by atoms with van der Waals surface area (Å²) in [5.74, 6) is 0. The lowest BCUT2D eigenvalue weighted by Gasteiger charge is -2.25. The van der Waals surface area contributed by atoms with E-state index in [9.17, 15) is 20.2 Å². The molecule has 8 nitrogen and oxygen atoms in total. The Bertz CT molecular complexity index is 487. The summed E-state index contributed by atoms with van der Waals surface area (Å²) in [6.07, 6.45) is -0.704. The molecule has 102 valence electrons. The van der Waals surface area contributed by atoms with Crippen LogP contribution in [0.5, 0.6) is 0 Å². The predicted octanol–water partition coefficient (Wildman–Crippen LogP) is 0.901. The minimum Gasteiger partial charge on any atom is -0.368 e. The molecule has 1 aromatic carbocycles. The van der Waals surface area contributed by atoms with Gasteiger partial charge >= 0.3 is 0 Å². The van der Waals surface area contributed by atoms with Gasteiger partial charge in [0.25, 0.3) is 11.7 Å². The third-order valence-corrected chi connectivity index (χ3v) is 2.99. The van der Waals surface area contributed by atoms with Crippen LogP contribution in [-0.2, 0) is 4.74 Å². The van der Waals surface area contributed by atoms with Gasteiger partial charge in [-0.15, -0.1) is 0 Å². The number of hydrogen-bond acceptors (Lipinski definition) is 6. The monoisotopic (exact) mass is 267 g/mol. The number of nitro benzene ring substituents is 1. The maximum Gasteiger partial charge on any atom is 0.279 e. The van der Waals surface area contributed by atoms with Crippen LogP contribution in [0, 0.1) is 20.2 Å². The van der Waals surface area contributed by atoms with Crippen LogP contribution >= 0.6 is 0 Å². The number of rotatable bonds is 4. The second-order valence-corrected chi connectivity index (χ2v) is 4.16. The summed E-state index contributed by atoms with van der Waals surface area (Å²) in [6.45, 7) is 1.28. The average Bonchev–Trinajstić information content (AvgIpc) is 2.40. The lowest BCUT2D eigenvalue weighted by molar-refractivity contribution is -0.544. The highest BCUT2D eigenvalue weighted by atomic mass is 16.6. The van der Waals surface area contributed by atoms with Crippen LogP contribution in [-0.4, -0.2) is 35.6 Å². The Morgan fingerprint density at radius 1 is 1.32 bits per heavy atom. The van der Waals surface area contributed by atoms with E-state index in [1.807, 2.05) is 0 Å². The molecule has 8 heteroatoms. The van der Waals surface area contributed by atoms with E-state index in [0.29, 0.717) is 19.7 Å². The van der Waals surface area contributed by atoms with Gasteiger partial charge in [0.05, 0.1) is 11.5 Å². The highest BCUT2D eigenvalue weighted by Crippen LogP contribution is 2.30. The van der Waals surface area contributed by atoms with E-state index >= 15 is 0 Å². The zero-order valence-corrected chi connectivity index (χ0v) is 10.0. The number of hydrogen-bond donors (Lipinski definition) is 1. The van der Waals surface area contributed by atoms with E-state index in [1.54, 1.807) is 6.07 Å². The first-order valence-electron chi connectivity index (χ1n) is 5.80. The van der Waals surface area contributed by atoms with E-state index in [4.69, 9.17) is 4.74 Å². The number of nitrogens with zero attached hydrogens (tertiary/aromatic N) is 2. The van der Waals surface area contributed by atoms with E-state index in [2.05, 4.69) is 5.32 Å². The molecule has 0 aromatic heterocycles.